The Balaban J connectivity index is 2.35. The molecule has 0 amide bonds. The molecule has 0 fully saturated rings. The second-order valence-corrected chi connectivity index (χ2v) is 6.06. The summed E-state index contributed by atoms with van der Waals surface area (Å²) in [7, 11) is 1.94. The predicted molar refractivity (Wildman–Crippen MR) is 64.9 cm³/mol. The summed E-state index contributed by atoms with van der Waals surface area (Å²) in [6.45, 7) is 0. The van der Waals surface area contributed by atoms with Gasteiger partial charge in [0, 0.05) is 16.8 Å². The van der Waals surface area contributed by atoms with Gasteiger partial charge in [0.05, 0.1) is 8.79 Å². The normalized spacial score (nSPS) is 10.3. The van der Waals surface area contributed by atoms with Crippen molar-refractivity contribution in [3.05, 3.63) is 28.1 Å². The number of anilines is 1. The van der Waals surface area contributed by atoms with Crippen molar-refractivity contribution in [1.82, 2.24) is 0 Å². The Kier molecular flexibility index (Phi) is 2.71. The largest absolute Gasteiger partial charge is 0.380 e. The molecular weight excluding hydrogens is 266 g/mol. The zero-order valence-electron chi connectivity index (χ0n) is 7.00. The Morgan fingerprint density at radius 1 is 1.08 bits per heavy atom. The van der Waals surface area contributed by atoms with Gasteiger partial charge >= 0.3 is 0 Å². The molecule has 4 heteroatoms. The number of halogens is 1. The van der Waals surface area contributed by atoms with Crippen LogP contribution in [0.15, 0.2) is 28.1 Å². The van der Waals surface area contributed by atoms with Crippen LogP contribution >= 0.6 is 38.6 Å². The first-order valence-corrected chi connectivity index (χ1v) is 6.25. The fraction of sp³-hybridized carbons (Fsp3) is 0.111. The molecule has 0 saturated heterocycles. The molecule has 68 valence electrons. The van der Waals surface area contributed by atoms with E-state index in [1.807, 2.05) is 7.05 Å². The fourth-order valence-electron chi connectivity index (χ4n) is 1.05. The van der Waals surface area contributed by atoms with E-state index in [0.29, 0.717) is 0 Å². The van der Waals surface area contributed by atoms with Crippen molar-refractivity contribution in [3.63, 3.8) is 0 Å². The van der Waals surface area contributed by atoms with Crippen molar-refractivity contribution in [1.29, 1.82) is 0 Å². The molecule has 0 aliphatic carbocycles. The lowest BCUT2D eigenvalue weighted by atomic mass is 10.4. The number of hydrogen-bond donors (Lipinski definition) is 1. The Hall–Kier alpha value is -0.320. The van der Waals surface area contributed by atoms with Gasteiger partial charge in [-0.25, -0.2) is 0 Å². The minimum Gasteiger partial charge on any atom is -0.380 e. The van der Waals surface area contributed by atoms with E-state index < -0.39 is 0 Å². The molecule has 0 saturated carbocycles. The Labute approximate surface area is 93.6 Å². The maximum Gasteiger partial charge on any atom is 0.0886 e. The number of thiophene rings is 2. The molecule has 0 unspecified atom stereocenters. The molecule has 2 aromatic rings. The van der Waals surface area contributed by atoms with Gasteiger partial charge in [-0.1, -0.05) is 0 Å². The standard InChI is InChI=1S/C9H8BrNS2/c1-11-9-5-3-7(13-9)6-2-4-8(10)12-6/h2-5,11H,1H3. The molecule has 13 heavy (non-hydrogen) atoms. The van der Waals surface area contributed by atoms with Crippen molar-refractivity contribution < 1.29 is 0 Å². The molecule has 0 bridgehead atoms. The van der Waals surface area contributed by atoms with Gasteiger partial charge in [-0.3, -0.25) is 0 Å². The summed E-state index contributed by atoms with van der Waals surface area (Å²) in [4.78, 5) is 2.64. The van der Waals surface area contributed by atoms with E-state index in [9.17, 15) is 0 Å². The number of rotatable bonds is 2. The van der Waals surface area contributed by atoms with Crippen molar-refractivity contribution in [2.45, 2.75) is 0 Å². The monoisotopic (exact) mass is 273 g/mol. The number of hydrogen-bond acceptors (Lipinski definition) is 3. The summed E-state index contributed by atoms with van der Waals surface area (Å²) < 4.78 is 1.18. The second kappa shape index (κ2) is 3.82. The molecule has 1 nitrogen and oxygen atoms in total. The van der Waals surface area contributed by atoms with E-state index in [-0.39, 0.29) is 0 Å². The van der Waals surface area contributed by atoms with Crippen LogP contribution in [0, 0.1) is 0 Å². The third-order valence-corrected chi connectivity index (χ3v) is 4.59. The Morgan fingerprint density at radius 3 is 2.31 bits per heavy atom. The van der Waals surface area contributed by atoms with Gasteiger partial charge in [0.25, 0.3) is 0 Å². The third kappa shape index (κ3) is 1.95. The summed E-state index contributed by atoms with van der Waals surface area (Å²) in [5.74, 6) is 0. The van der Waals surface area contributed by atoms with Gasteiger partial charge in [-0.2, -0.15) is 0 Å². The van der Waals surface area contributed by atoms with Crippen molar-refractivity contribution in [2.75, 3.05) is 12.4 Å². The smallest absolute Gasteiger partial charge is 0.0886 e. The maximum atomic E-state index is 3.46. The molecule has 2 heterocycles. The molecule has 0 aromatic carbocycles. The first-order valence-electron chi connectivity index (χ1n) is 3.83. The van der Waals surface area contributed by atoms with E-state index >= 15 is 0 Å². The summed E-state index contributed by atoms with van der Waals surface area (Å²) >= 11 is 7.00. The summed E-state index contributed by atoms with van der Waals surface area (Å²) in [5, 5.41) is 4.34. The fourth-order valence-corrected chi connectivity index (χ4v) is 3.39. The quantitative estimate of drug-likeness (QED) is 0.861. The lowest BCUT2D eigenvalue weighted by Crippen LogP contribution is -1.79. The van der Waals surface area contributed by atoms with Gasteiger partial charge < -0.3 is 5.32 Å². The summed E-state index contributed by atoms with van der Waals surface area (Å²) in [6.07, 6.45) is 0. The highest BCUT2D eigenvalue weighted by molar-refractivity contribution is 9.11. The van der Waals surface area contributed by atoms with Crippen LogP contribution < -0.4 is 5.32 Å². The molecule has 2 aromatic heterocycles. The van der Waals surface area contributed by atoms with Crippen molar-refractivity contribution in [3.8, 4) is 9.75 Å². The minimum atomic E-state index is 1.18. The predicted octanol–water partition coefficient (Wildman–Crippen LogP) is 4.28. The van der Waals surface area contributed by atoms with E-state index in [1.165, 1.54) is 18.5 Å². The topological polar surface area (TPSA) is 12.0 Å². The highest BCUT2D eigenvalue weighted by Gasteiger charge is 2.03. The van der Waals surface area contributed by atoms with Gasteiger partial charge in [-0.05, 0) is 40.2 Å². The highest BCUT2D eigenvalue weighted by Crippen LogP contribution is 2.36. The second-order valence-electron chi connectivity index (χ2n) is 2.52. The first kappa shape index (κ1) is 9.24. The van der Waals surface area contributed by atoms with Crippen LogP contribution in [0.2, 0.25) is 0 Å². The minimum absolute atomic E-state index is 1.18. The van der Waals surface area contributed by atoms with Crippen LogP contribution in [0.5, 0.6) is 0 Å². The third-order valence-electron chi connectivity index (χ3n) is 1.67. The van der Waals surface area contributed by atoms with Crippen LogP contribution in [0.25, 0.3) is 9.75 Å². The SMILES string of the molecule is CNc1ccc(-c2ccc(Br)s2)s1. The first-order chi connectivity index (χ1) is 6.29. The molecule has 1 N–H and O–H groups in total. The van der Waals surface area contributed by atoms with Crippen molar-refractivity contribution >= 4 is 43.6 Å². The lowest BCUT2D eigenvalue weighted by molar-refractivity contribution is 1.60. The zero-order valence-corrected chi connectivity index (χ0v) is 10.2. The van der Waals surface area contributed by atoms with E-state index in [0.717, 1.165) is 0 Å². The van der Waals surface area contributed by atoms with E-state index in [1.54, 1.807) is 22.7 Å². The van der Waals surface area contributed by atoms with E-state index in [4.69, 9.17) is 0 Å². The average Bonchev–Trinajstić information content (AvgIpc) is 2.71. The molecule has 0 radical (unpaired) electrons. The summed E-state index contributed by atoms with van der Waals surface area (Å²) in [5.41, 5.74) is 0. The van der Waals surface area contributed by atoms with Gasteiger partial charge in [0.15, 0.2) is 0 Å². The maximum absolute atomic E-state index is 3.46. The van der Waals surface area contributed by atoms with Gasteiger partial charge in [0.1, 0.15) is 0 Å². The van der Waals surface area contributed by atoms with Gasteiger partial charge in [0.2, 0.25) is 0 Å². The molecular formula is C9H8BrNS2. The van der Waals surface area contributed by atoms with Crippen LogP contribution in [0.1, 0.15) is 0 Å². The molecule has 0 spiro atoms. The number of nitrogens with one attached hydrogen (secondary N) is 1. The van der Waals surface area contributed by atoms with Crippen LogP contribution in [-0.4, -0.2) is 7.05 Å². The average molecular weight is 274 g/mol. The molecule has 2 rings (SSSR count). The molecule has 0 aliphatic rings. The van der Waals surface area contributed by atoms with Crippen LogP contribution in [0.3, 0.4) is 0 Å². The van der Waals surface area contributed by atoms with Gasteiger partial charge in [-0.15, -0.1) is 22.7 Å². The van der Waals surface area contributed by atoms with Crippen LogP contribution in [-0.2, 0) is 0 Å². The van der Waals surface area contributed by atoms with Crippen molar-refractivity contribution in [2.24, 2.45) is 0 Å². The Bertz CT molecular complexity index is 405. The highest BCUT2D eigenvalue weighted by atomic mass is 79.9. The van der Waals surface area contributed by atoms with Crippen LogP contribution in [0.4, 0.5) is 5.00 Å². The van der Waals surface area contributed by atoms with E-state index in [2.05, 4.69) is 45.5 Å². The Morgan fingerprint density at radius 2 is 1.77 bits per heavy atom. The zero-order chi connectivity index (χ0) is 9.26. The molecule has 0 aliphatic heterocycles. The summed E-state index contributed by atoms with van der Waals surface area (Å²) in [6, 6.07) is 8.47. The molecule has 0 atom stereocenters. The lowest BCUT2D eigenvalue weighted by Gasteiger charge is -1.90.